The Morgan fingerprint density at radius 2 is 2.00 bits per heavy atom. The van der Waals surface area contributed by atoms with Crippen LogP contribution in [0.3, 0.4) is 0 Å². The van der Waals surface area contributed by atoms with Crippen LogP contribution < -0.4 is 4.72 Å². The molecule has 1 aromatic rings. The average molecular weight is 338 g/mol. The van der Waals surface area contributed by atoms with E-state index in [1.54, 1.807) is 6.92 Å². The van der Waals surface area contributed by atoms with E-state index >= 15 is 0 Å². The van der Waals surface area contributed by atoms with Crippen molar-refractivity contribution >= 4 is 27.6 Å². The van der Waals surface area contributed by atoms with Gasteiger partial charge >= 0.3 is 5.97 Å². The van der Waals surface area contributed by atoms with Crippen LogP contribution >= 0.6 is 11.6 Å². The molecule has 0 aliphatic rings. The van der Waals surface area contributed by atoms with Gasteiger partial charge in [-0.05, 0) is 25.0 Å². The minimum absolute atomic E-state index is 0.0426. The highest BCUT2D eigenvalue weighted by Crippen LogP contribution is 2.24. The molecular weight excluding hydrogens is 321 g/mol. The molecule has 1 rings (SSSR count). The van der Waals surface area contributed by atoms with Crippen LogP contribution in [0.2, 0.25) is 5.02 Å². The van der Waals surface area contributed by atoms with E-state index in [-0.39, 0.29) is 10.9 Å². The lowest BCUT2D eigenvalue weighted by Crippen LogP contribution is -2.37. The molecule has 0 aliphatic carbocycles. The number of nitrogens with one attached hydrogen (secondary N) is 1. The van der Waals surface area contributed by atoms with Crippen LogP contribution in [0.1, 0.15) is 37.6 Å². The molecule has 2 atom stereocenters. The highest BCUT2D eigenvalue weighted by atomic mass is 35.5. The van der Waals surface area contributed by atoms with Gasteiger partial charge in [-0.15, -0.1) is 0 Å². The third-order valence-corrected chi connectivity index (χ3v) is 5.14. The SMILES string of the molecule is CCC(C)C(C)NS(=O)(=O)c1cc(Cl)cc(C(=O)O)c1F. The van der Waals surface area contributed by atoms with Gasteiger partial charge in [0.25, 0.3) is 0 Å². The summed E-state index contributed by atoms with van der Waals surface area (Å²) < 4.78 is 40.8. The minimum Gasteiger partial charge on any atom is -0.478 e. The maximum absolute atomic E-state index is 14.1. The van der Waals surface area contributed by atoms with Crippen LogP contribution in [0, 0.1) is 11.7 Å². The van der Waals surface area contributed by atoms with Gasteiger partial charge < -0.3 is 5.11 Å². The van der Waals surface area contributed by atoms with Crippen molar-refractivity contribution in [3.63, 3.8) is 0 Å². The normalized spacial score (nSPS) is 14.7. The predicted molar refractivity (Wildman–Crippen MR) is 77.6 cm³/mol. The smallest absolute Gasteiger partial charge is 0.338 e. The lowest BCUT2D eigenvalue weighted by molar-refractivity contribution is 0.0691. The maximum Gasteiger partial charge on any atom is 0.338 e. The standard InChI is InChI=1S/C13H17ClFNO4S/c1-4-7(2)8(3)16-21(19,20)11-6-9(14)5-10(12(11)15)13(17)18/h5-8,16H,4H2,1-3H3,(H,17,18). The summed E-state index contributed by atoms with van der Waals surface area (Å²) in [5, 5.41) is 8.71. The lowest BCUT2D eigenvalue weighted by Gasteiger charge is -2.20. The molecular formula is C13H17ClFNO4S. The molecule has 0 aliphatic heterocycles. The zero-order valence-electron chi connectivity index (χ0n) is 11.9. The van der Waals surface area contributed by atoms with E-state index in [2.05, 4.69) is 4.72 Å². The number of rotatable bonds is 6. The summed E-state index contributed by atoms with van der Waals surface area (Å²) in [5.41, 5.74) is -0.779. The average Bonchev–Trinajstić information content (AvgIpc) is 2.38. The van der Waals surface area contributed by atoms with Crippen LogP contribution in [-0.2, 0) is 10.0 Å². The number of benzene rings is 1. The third kappa shape index (κ3) is 4.15. The van der Waals surface area contributed by atoms with Crippen molar-refractivity contribution in [1.82, 2.24) is 4.72 Å². The zero-order chi connectivity index (χ0) is 16.4. The van der Waals surface area contributed by atoms with Gasteiger partial charge in [-0.2, -0.15) is 0 Å². The van der Waals surface area contributed by atoms with Crippen LogP contribution in [0.4, 0.5) is 4.39 Å². The van der Waals surface area contributed by atoms with Crippen molar-refractivity contribution in [2.75, 3.05) is 0 Å². The number of carboxylic acid groups (broad SMARTS) is 1. The van der Waals surface area contributed by atoms with Gasteiger partial charge in [0.1, 0.15) is 4.90 Å². The Bertz CT molecular complexity index is 648. The summed E-state index contributed by atoms with van der Waals surface area (Å²) in [7, 11) is -4.20. The molecule has 0 aromatic heterocycles. The van der Waals surface area contributed by atoms with E-state index in [0.29, 0.717) is 0 Å². The molecule has 118 valence electrons. The highest BCUT2D eigenvalue weighted by Gasteiger charge is 2.27. The van der Waals surface area contributed by atoms with Crippen LogP contribution in [0.5, 0.6) is 0 Å². The summed E-state index contributed by atoms with van der Waals surface area (Å²) in [4.78, 5) is 10.2. The van der Waals surface area contributed by atoms with E-state index in [1.165, 1.54) is 0 Å². The zero-order valence-corrected chi connectivity index (χ0v) is 13.4. The van der Waals surface area contributed by atoms with E-state index in [4.69, 9.17) is 16.7 Å². The first-order chi connectivity index (χ1) is 9.60. The quantitative estimate of drug-likeness (QED) is 0.836. The monoisotopic (exact) mass is 337 g/mol. The Morgan fingerprint density at radius 3 is 2.48 bits per heavy atom. The Morgan fingerprint density at radius 1 is 1.43 bits per heavy atom. The number of hydrogen-bond donors (Lipinski definition) is 2. The van der Waals surface area contributed by atoms with Gasteiger partial charge in [0.15, 0.2) is 5.82 Å². The predicted octanol–water partition coefficient (Wildman–Crippen LogP) is 2.89. The van der Waals surface area contributed by atoms with Crippen LogP contribution in [0.15, 0.2) is 17.0 Å². The summed E-state index contributed by atoms with van der Waals surface area (Å²) >= 11 is 5.68. The number of sulfonamides is 1. The third-order valence-electron chi connectivity index (χ3n) is 3.36. The van der Waals surface area contributed by atoms with Crippen LogP contribution in [0.25, 0.3) is 0 Å². The molecule has 1 aromatic carbocycles. The van der Waals surface area contributed by atoms with Gasteiger partial charge in [0, 0.05) is 11.1 Å². The molecule has 0 bridgehead atoms. The number of hydrogen-bond acceptors (Lipinski definition) is 3. The van der Waals surface area contributed by atoms with E-state index in [0.717, 1.165) is 18.6 Å². The first-order valence-corrected chi connectivity index (χ1v) is 8.21. The fourth-order valence-electron chi connectivity index (χ4n) is 1.69. The largest absolute Gasteiger partial charge is 0.478 e. The van der Waals surface area contributed by atoms with Crippen molar-refractivity contribution in [2.45, 2.75) is 38.1 Å². The maximum atomic E-state index is 14.1. The number of aromatic carboxylic acids is 1. The first-order valence-electron chi connectivity index (χ1n) is 6.34. The molecule has 0 fully saturated rings. The molecule has 0 radical (unpaired) electrons. The second-order valence-corrected chi connectivity index (χ2v) is 6.98. The van der Waals surface area contributed by atoms with E-state index in [1.807, 2.05) is 13.8 Å². The van der Waals surface area contributed by atoms with Crippen molar-refractivity contribution in [3.05, 3.63) is 28.5 Å². The number of carboxylic acids is 1. The van der Waals surface area contributed by atoms with Gasteiger partial charge in [-0.3, -0.25) is 0 Å². The molecule has 21 heavy (non-hydrogen) atoms. The first kappa shape index (κ1) is 17.9. The summed E-state index contributed by atoms with van der Waals surface area (Å²) in [6.45, 7) is 5.41. The summed E-state index contributed by atoms with van der Waals surface area (Å²) in [5.74, 6) is -2.86. The number of halogens is 2. The molecule has 0 amide bonds. The van der Waals surface area contributed by atoms with Gasteiger partial charge in [0.2, 0.25) is 10.0 Å². The van der Waals surface area contributed by atoms with Gasteiger partial charge in [-0.1, -0.05) is 31.9 Å². The fraction of sp³-hybridized carbons (Fsp3) is 0.462. The van der Waals surface area contributed by atoms with Gasteiger partial charge in [-0.25, -0.2) is 22.3 Å². The van der Waals surface area contributed by atoms with Crippen molar-refractivity contribution in [3.8, 4) is 0 Å². The fourth-order valence-corrected chi connectivity index (χ4v) is 3.45. The Hall–Kier alpha value is -1.18. The second kappa shape index (κ2) is 6.72. The molecule has 5 nitrogen and oxygen atoms in total. The molecule has 0 saturated carbocycles. The van der Waals surface area contributed by atoms with E-state index < -0.39 is 38.3 Å². The van der Waals surface area contributed by atoms with E-state index in [9.17, 15) is 17.6 Å². The lowest BCUT2D eigenvalue weighted by atomic mass is 10.0. The minimum atomic E-state index is -4.20. The molecule has 2 N–H and O–H groups in total. The second-order valence-electron chi connectivity index (χ2n) is 4.87. The summed E-state index contributed by atoms with van der Waals surface area (Å²) in [6.07, 6.45) is 0.738. The Kier molecular flexibility index (Phi) is 5.72. The van der Waals surface area contributed by atoms with Crippen LogP contribution in [-0.4, -0.2) is 25.5 Å². The molecule has 8 heteroatoms. The Labute approximate surface area is 128 Å². The van der Waals surface area contributed by atoms with Gasteiger partial charge in [0.05, 0.1) is 5.56 Å². The summed E-state index contributed by atoms with van der Waals surface area (Å²) in [6, 6.07) is 1.34. The van der Waals surface area contributed by atoms with Crippen molar-refractivity contribution in [2.24, 2.45) is 5.92 Å². The van der Waals surface area contributed by atoms with Crippen molar-refractivity contribution in [1.29, 1.82) is 0 Å². The Balaban J connectivity index is 3.29. The molecule has 0 saturated heterocycles. The topological polar surface area (TPSA) is 83.5 Å². The number of carbonyl (C=O) groups is 1. The molecule has 0 heterocycles. The molecule has 0 spiro atoms. The molecule has 2 unspecified atom stereocenters. The van der Waals surface area contributed by atoms with Crippen molar-refractivity contribution < 1.29 is 22.7 Å². The highest BCUT2D eigenvalue weighted by molar-refractivity contribution is 7.89.